The molecule has 17 heavy (non-hydrogen) atoms. The molecular formula is C14H17NO2. The van der Waals surface area contributed by atoms with Crippen molar-refractivity contribution in [3.05, 3.63) is 35.4 Å². The van der Waals surface area contributed by atoms with Crippen LogP contribution in [0.25, 0.3) is 0 Å². The molecule has 0 heterocycles. The molecule has 1 atom stereocenters. The number of aliphatic hydroxyl groups excluding tert-OH is 1. The second-order valence-electron chi connectivity index (χ2n) is 4.66. The minimum Gasteiger partial charge on any atom is -0.387 e. The Labute approximate surface area is 102 Å². The van der Waals surface area contributed by atoms with Crippen molar-refractivity contribution in [1.82, 2.24) is 0 Å². The van der Waals surface area contributed by atoms with Crippen LogP contribution < -0.4 is 0 Å². The number of benzene rings is 1. The lowest BCUT2D eigenvalue weighted by molar-refractivity contribution is 0.00637. The average molecular weight is 231 g/mol. The van der Waals surface area contributed by atoms with Crippen LogP contribution in [0.4, 0.5) is 0 Å². The van der Waals surface area contributed by atoms with E-state index in [0.29, 0.717) is 6.61 Å². The van der Waals surface area contributed by atoms with Gasteiger partial charge < -0.3 is 9.84 Å². The zero-order valence-corrected chi connectivity index (χ0v) is 10.0. The van der Waals surface area contributed by atoms with E-state index in [2.05, 4.69) is 6.07 Å². The van der Waals surface area contributed by atoms with Crippen molar-refractivity contribution < 1.29 is 9.84 Å². The van der Waals surface area contributed by atoms with Crippen molar-refractivity contribution in [1.29, 1.82) is 5.26 Å². The van der Waals surface area contributed by atoms with E-state index in [-0.39, 0.29) is 0 Å². The Morgan fingerprint density at radius 1 is 1.47 bits per heavy atom. The van der Waals surface area contributed by atoms with Gasteiger partial charge in [0.2, 0.25) is 0 Å². The first-order valence-corrected chi connectivity index (χ1v) is 5.89. The first kappa shape index (κ1) is 12.1. The molecular weight excluding hydrogens is 214 g/mol. The van der Waals surface area contributed by atoms with Crippen LogP contribution in [0.1, 0.15) is 36.5 Å². The van der Waals surface area contributed by atoms with E-state index < -0.39 is 11.5 Å². The molecule has 3 heteroatoms. The Hall–Kier alpha value is -1.37. The molecule has 1 saturated carbocycles. The summed E-state index contributed by atoms with van der Waals surface area (Å²) < 4.78 is 5.12. The zero-order chi connectivity index (χ0) is 12.3. The zero-order valence-electron chi connectivity index (χ0n) is 10.0. The maximum Gasteiger partial charge on any atom is 0.0979 e. The summed E-state index contributed by atoms with van der Waals surface area (Å²) in [5, 5.41) is 19.7. The second-order valence-corrected chi connectivity index (χ2v) is 4.66. The molecule has 1 fully saturated rings. The van der Waals surface area contributed by atoms with E-state index in [1.54, 1.807) is 7.11 Å². The predicted molar refractivity (Wildman–Crippen MR) is 64.0 cm³/mol. The first-order chi connectivity index (χ1) is 8.23. The molecule has 0 aromatic heterocycles. The quantitative estimate of drug-likeness (QED) is 0.866. The van der Waals surface area contributed by atoms with Gasteiger partial charge in [-0.2, -0.15) is 5.26 Å². The van der Waals surface area contributed by atoms with Gasteiger partial charge in [0.05, 0.1) is 24.2 Å². The van der Waals surface area contributed by atoms with Gasteiger partial charge in [0.1, 0.15) is 0 Å². The molecule has 0 bridgehead atoms. The van der Waals surface area contributed by atoms with E-state index in [4.69, 9.17) is 4.74 Å². The maximum atomic E-state index is 10.4. The lowest BCUT2D eigenvalue weighted by atomic mass is 9.64. The van der Waals surface area contributed by atoms with Crippen LogP contribution in [0.3, 0.4) is 0 Å². The van der Waals surface area contributed by atoms with E-state index in [1.165, 1.54) is 0 Å². The Balaban J connectivity index is 2.30. The van der Waals surface area contributed by atoms with Gasteiger partial charge in [-0.25, -0.2) is 0 Å². The van der Waals surface area contributed by atoms with Crippen molar-refractivity contribution in [3.63, 3.8) is 0 Å². The molecule has 1 aliphatic carbocycles. The monoisotopic (exact) mass is 231 g/mol. The summed E-state index contributed by atoms with van der Waals surface area (Å²) in [5.41, 5.74) is 1.21. The minimum absolute atomic E-state index is 0.467. The maximum absolute atomic E-state index is 10.4. The molecule has 0 radical (unpaired) electrons. The number of nitrogens with zero attached hydrogens (tertiary/aromatic N) is 1. The number of methoxy groups -OCH3 is 1. The molecule has 0 aliphatic heterocycles. The van der Waals surface area contributed by atoms with E-state index in [9.17, 15) is 10.4 Å². The minimum atomic E-state index is -0.701. The Morgan fingerprint density at radius 3 is 2.71 bits per heavy atom. The van der Waals surface area contributed by atoms with Crippen LogP contribution in [0, 0.1) is 16.7 Å². The summed E-state index contributed by atoms with van der Waals surface area (Å²) in [4.78, 5) is 0. The summed E-state index contributed by atoms with van der Waals surface area (Å²) in [5.74, 6) is 0. The normalized spacial score (nSPS) is 19.1. The fourth-order valence-corrected chi connectivity index (χ4v) is 2.39. The summed E-state index contributed by atoms with van der Waals surface area (Å²) >= 11 is 0. The fraction of sp³-hybridized carbons (Fsp3) is 0.500. The van der Waals surface area contributed by atoms with Crippen LogP contribution in [0.5, 0.6) is 0 Å². The van der Waals surface area contributed by atoms with Gasteiger partial charge in [-0.3, -0.25) is 0 Å². The van der Waals surface area contributed by atoms with Crippen molar-refractivity contribution in [2.75, 3.05) is 7.11 Å². The van der Waals surface area contributed by atoms with Gasteiger partial charge in [0.15, 0.2) is 0 Å². The first-order valence-electron chi connectivity index (χ1n) is 5.89. The van der Waals surface area contributed by atoms with Crippen molar-refractivity contribution in [3.8, 4) is 6.07 Å². The number of aliphatic hydroxyl groups is 1. The summed E-state index contributed by atoms with van der Waals surface area (Å²) in [7, 11) is 1.63. The third kappa shape index (κ3) is 2.06. The van der Waals surface area contributed by atoms with Gasteiger partial charge >= 0.3 is 0 Å². The molecule has 2 rings (SSSR count). The van der Waals surface area contributed by atoms with E-state index in [0.717, 1.165) is 30.4 Å². The van der Waals surface area contributed by atoms with Crippen LogP contribution in [0.15, 0.2) is 24.3 Å². The van der Waals surface area contributed by atoms with Gasteiger partial charge in [-0.15, -0.1) is 0 Å². The molecule has 0 saturated heterocycles. The largest absolute Gasteiger partial charge is 0.387 e. The summed E-state index contributed by atoms with van der Waals surface area (Å²) in [6.07, 6.45) is 1.89. The smallest absolute Gasteiger partial charge is 0.0979 e. The molecule has 3 nitrogen and oxygen atoms in total. The number of hydrogen-bond acceptors (Lipinski definition) is 3. The van der Waals surface area contributed by atoms with Crippen LogP contribution >= 0.6 is 0 Å². The lowest BCUT2D eigenvalue weighted by Gasteiger charge is -2.40. The molecule has 1 aromatic rings. The average Bonchev–Trinajstić information content (AvgIpc) is 2.29. The highest BCUT2D eigenvalue weighted by Gasteiger charge is 2.45. The van der Waals surface area contributed by atoms with E-state index in [1.807, 2.05) is 24.3 Å². The lowest BCUT2D eigenvalue weighted by Crippen LogP contribution is -2.35. The van der Waals surface area contributed by atoms with Crippen molar-refractivity contribution in [2.45, 2.75) is 32.0 Å². The standard InChI is InChI=1S/C14H17NO2/c1-17-9-11-5-2-3-6-12(11)13(16)14(10-15)7-4-8-14/h2-3,5-6,13,16H,4,7-9H2,1H3. The Kier molecular flexibility index (Phi) is 3.46. The predicted octanol–water partition coefficient (Wildman–Crippen LogP) is 2.56. The molecule has 1 N–H and O–H groups in total. The molecule has 0 amide bonds. The number of ether oxygens (including phenoxy) is 1. The highest BCUT2D eigenvalue weighted by Crippen LogP contribution is 2.50. The van der Waals surface area contributed by atoms with E-state index >= 15 is 0 Å². The Bertz CT molecular complexity index is 432. The summed E-state index contributed by atoms with van der Waals surface area (Å²) in [6, 6.07) is 9.92. The Morgan fingerprint density at radius 2 is 2.18 bits per heavy atom. The van der Waals surface area contributed by atoms with Gasteiger partial charge in [-0.05, 0) is 24.0 Å². The topological polar surface area (TPSA) is 53.2 Å². The molecule has 1 aliphatic rings. The number of rotatable bonds is 4. The van der Waals surface area contributed by atoms with Gasteiger partial charge in [-0.1, -0.05) is 30.7 Å². The van der Waals surface area contributed by atoms with Crippen LogP contribution in [-0.2, 0) is 11.3 Å². The van der Waals surface area contributed by atoms with Gasteiger partial charge in [0.25, 0.3) is 0 Å². The highest BCUT2D eigenvalue weighted by molar-refractivity contribution is 5.32. The third-order valence-electron chi connectivity index (χ3n) is 3.64. The van der Waals surface area contributed by atoms with Crippen LogP contribution in [0.2, 0.25) is 0 Å². The SMILES string of the molecule is COCc1ccccc1C(O)C1(C#N)CCC1. The second kappa shape index (κ2) is 4.87. The van der Waals surface area contributed by atoms with Crippen molar-refractivity contribution >= 4 is 0 Å². The van der Waals surface area contributed by atoms with Crippen molar-refractivity contribution in [2.24, 2.45) is 5.41 Å². The highest BCUT2D eigenvalue weighted by atomic mass is 16.5. The fourth-order valence-electron chi connectivity index (χ4n) is 2.39. The van der Waals surface area contributed by atoms with Gasteiger partial charge in [0, 0.05) is 7.11 Å². The molecule has 0 spiro atoms. The van der Waals surface area contributed by atoms with Crippen LogP contribution in [-0.4, -0.2) is 12.2 Å². The summed E-state index contributed by atoms with van der Waals surface area (Å²) in [6.45, 7) is 0.467. The number of hydrogen-bond donors (Lipinski definition) is 1. The molecule has 1 unspecified atom stereocenters. The third-order valence-corrected chi connectivity index (χ3v) is 3.64. The molecule has 90 valence electrons. The molecule has 1 aromatic carbocycles. The number of nitriles is 1.